The standard InChI is InChI=1S/C25H24N2O2/c1-17-10-13-21(14-11-17)26-16-23(28)27(22-15-18(2)9-12-19(22)3)24(25(26)29)20-7-5-4-6-8-20/h4-15,24H,16H2,1-3H3/t24-/m0/s1. The summed E-state index contributed by atoms with van der Waals surface area (Å²) in [5, 5.41) is 0. The minimum absolute atomic E-state index is 0.0264. The SMILES string of the molecule is Cc1ccc(N2CC(=O)N(c3cc(C)ccc3C)[C@@H](c3ccccc3)C2=O)cc1. The Balaban J connectivity index is 1.84. The summed E-state index contributed by atoms with van der Waals surface area (Å²) < 4.78 is 0. The lowest BCUT2D eigenvalue weighted by Crippen LogP contribution is -2.56. The predicted molar refractivity (Wildman–Crippen MR) is 116 cm³/mol. The number of aryl methyl sites for hydroxylation is 3. The highest BCUT2D eigenvalue weighted by molar-refractivity contribution is 6.14. The van der Waals surface area contributed by atoms with Crippen molar-refractivity contribution >= 4 is 23.2 Å². The molecule has 2 amide bonds. The summed E-state index contributed by atoms with van der Waals surface area (Å²) in [4.78, 5) is 30.3. The molecule has 0 aliphatic carbocycles. The van der Waals surface area contributed by atoms with Crippen molar-refractivity contribution < 1.29 is 9.59 Å². The van der Waals surface area contributed by atoms with E-state index in [0.29, 0.717) is 0 Å². The van der Waals surface area contributed by atoms with Gasteiger partial charge in [-0.25, -0.2) is 0 Å². The smallest absolute Gasteiger partial charge is 0.255 e. The highest BCUT2D eigenvalue weighted by Gasteiger charge is 2.42. The molecule has 1 aliphatic rings. The van der Waals surface area contributed by atoms with Crippen molar-refractivity contribution in [3.8, 4) is 0 Å². The van der Waals surface area contributed by atoms with Gasteiger partial charge < -0.3 is 4.90 Å². The van der Waals surface area contributed by atoms with Crippen LogP contribution in [-0.4, -0.2) is 18.4 Å². The molecule has 3 aromatic carbocycles. The van der Waals surface area contributed by atoms with E-state index >= 15 is 0 Å². The van der Waals surface area contributed by atoms with E-state index in [2.05, 4.69) is 0 Å². The lowest BCUT2D eigenvalue weighted by atomic mass is 9.98. The third-order valence-electron chi connectivity index (χ3n) is 5.41. The van der Waals surface area contributed by atoms with E-state index in [0.717, 1.165) is 33.6 Å². The van der Waals surface area contributed by atoms with E-state index in [9.17, 15) is 9.59 Å². The van der Waals surface area contributed by atoms with E-state index in [1.165, 1.54) is 0 Å². The number of benzene rings is 3. The van der Waals surface area contributed by atoms with E-state index in [-0.39, 0.29) is 18.4 Å². The number of carbonyl (C=O) groups is 2. The monoisotopic (exact) mass is 384 g/mol. The van der Waals surface area contributed by atoms with Crippen molar-refractivity contribution in [1.29, 1.82) is 0 Å². The third-order valence-corrected chi connectivity index (χ3v) is 5.41. The molecule has 4 heteroatoms. The van der Waals surface area contributed by atoms with Crippen LogP contribution < -0.4 is 9.80 Å². The van der Waals surface area contributed by atoms with Crippen molar-refractivity contribution in [2.24, 2.45) is 0 Å². The van der Waals surface area contributed by atoms with Crippen molar-refractivity contribution in [2.75, 3.05) is 16.3 Å². The number of hydrogen-bond acceptors (Lipinski definition) is 2. The summed E-state index contributed by atoms with van der Waals surface area (Å²) in [7, 11) is 0. The molecule has 0 aromatic heterocycles. The molecule has 0 N–H and O–H groups in total. The van der Waals surface area contributed by atoms with Crippen LogP contribution in [-0.2, 0) is 9.59 Å². The second-order valence-corrected chi connectivity index (χ2v) is 7.63. The Morgan fingerprint density at radius 1 is 0.793 bits per heavy atom. The Bertz CT molecular complexity index is 1060. The molecule has 4 rings (SSSR count). The first kappa shape index (κ1) is 18.9. The number of anilines is 2. The van der Waals surface area contributed by atoms with Gasteiger partial charge in [0.25, 0.3) is 5.91 Å². The molecule has 146 valence electrons. The van der Waals surface area contributed by atoms with Crippen LogP contribution in [0.5, 0.6) is 0 Å². The number of amides is 2. The zero-order valence-corrected chi connectivity index (χ0v) is 16.9. The molecule has 1 heterocycles. The van der Waals surface area contributed by atoms with Crippen molar-refractivity contribution in [3.05, 3.63) is 95.1 Å². The Morgan fingerprint density at radius 2 is 1.45 bits per heavy atom. The Kier molecular flexibility index (Phi) is 4.93. The van der Waals surface area contributed by atoms with Crippen LogP contribution in [0.25, 0.3) is 0 Å². The van der Waals surface area contributed by atoms with E-state index in [1.807, 2.05) is 93.6 Å². The van der Waals surface area contributed by atoms with Gasteiger partial charge in [-0.15, -0.1) is 0 Å². The maximum Gasteiger partial charge on any atom is 0.255 e. The van der Waals surface area contributed by atoms with Crippen molar-refractivity contribution in [3.63, 3.8) is 0 Å². The Labute approximate surface area is 171 Å². The van der Waals surface area contributed by atoms with Gasteiger partial charge in [0.2, 0.25) is 5.91 Å². The summed E-state index contributed by atoms with van der Waals surface area (Å²) in [5.41, 5.74) is 5.49. The zero-order chi connectivity index (χ0) is 20.5. The van der Waals surface area contributed by atoms with Crippen LogP contribution in [0.4, 0.5) is 11.4 Å². The van der Waals surface area contributed by atoms with E-state index < -0.39 is 6.04 Å². The quantitative estimate of drug-likeness (QED) is 0.655. The van der Waals surface area contributed by atoms with E-state index in [1.54, 1.807) is 9.80 Å². The first-order valence-electron chi connectivity index (χ1n) is 9.78. The van der Waals surface area contributed by atoms with Crippen LogP contribution >= 0.6 is 0 Å². The summed E-state index contributed by atoms with van der Waals surface area (Å²) in [6, 6.07) is 22.6. The van der Waals surface area contributed by atoms with Crippen LogP contribution in [0.15, 0.2) is 72.8 Å². The Hall–Kier alpha value is -3.40. The van der Waals surface area contributed by atoms with Gasteiger partial charge in [0.1, 0.15) is 12.6 Å². The molecule has 0 radical (unpaired) electrons. The molecule has 1 atom stereocenters. The minimum atomic E-state index is -0.695. The van der Waals surface area contributed by atoms with Crippen LogP contribution in [0.2, 0.25) is 0 Å². The molecule has 0 bridgehead atoms. The zero-order valence-electron chi connectivity index (χ0n) is 16.9. The van der Waals surface area contributed by atoms with Crippen LogP contribution in [0.3, 0.4) is 0 Å². The number of nitrogens with zero attached hydrogens (tertiary/aromatic N) is 2. The highest BCUT2D eigenvalue weighted by atomic mass is 16.2. The highest BCUT2D eigenvalue weighted by Crippen LogP contribution is 2.36. The van der Waals surface area contributed by atoms with Crippen LogP contribution in [0, 0.1) is 20.8 Å². The van der Waals surface area contributed by atoms with Gasteiger partial charge in [-0.1, -0.05) is 60.2 Å². The van der Waals surface area contributed by atoms with Gasteiger partial charge in [0, 0.05) is 11.4 Å². The molecule has 1 aliphatic heterocycles. The minimum Gasteiger partial charge on any atom is -0.301 e. The van der Waals surface area contributed by atoms with Crippen molar-refractivity contribution in [2.45, 2.75) is 26.8 Å². The average Bonchev–Trinajstić information content (AvgIpc) is 2.72. The van der Waals surface area contributed by atoms with Gasteiger partial charge in [-0.05, 0) is 55.7 Å². The summed E-state index contributed by atoms with van der Waals surface area (Å²) in [5.74, 6) is -0.187. The lowest BCUT2D eigenvalue weighted by Gasteiger charge is -2.41. The molecule has 29 heavy (non-hydrogen) atoms. The summed E-state index contributed by atoms with van der Waals surface area (Å²) in [6.07, 6.45) is 0. The molecule has 0 unspecified atom stereocenters. The number of carbonyl (C=O) groups excluding carboxylic acids is 2. The molecule has 1 fully saturated rings. The molecular formula is C25H24N2O2. The lowest BCUT2D eigenvalue weighted by molar-refractivity contribution is -0.128. The fourth-order valence-corrected chi connectivity index (χ4v) is 3.81. The third kappa shape index (κ3) is 3.54. The van der Waals surface area contributed by atoms with Gasteiger partial charge in [-0.2, -0.15) is 0 Å². The maximum atomic E-state index is 13.7. The average molecular weight is 384 g/mol. The fraction of sp³-hybridized carbons (Fsp3) is 0.200. The van der Waals surface area contributed by atoms with Gasteiger partial charge in [0.15, 0.2) is 0 Å². The first-order valence-corrected chi connectivity index (χ1v) is 9.78. The number of rotatable bonds is 3. The van der Waals surface area contributed by atoms with E-state index in [4.69, 9.17) is 0 Å². The first-order chi connectivity index (χ1) is 14.0. The molecule has 4 nitrogen and oxygen atoms in total. The van der Waals surface area contributed by atoms with Gasteiger partial charge in [0.05, 0.1) is 0 Å². The van der Waals surface area contributed by atoms with Crippen LogP contribution in [0.1, 0.15) is 28.3 Å². The van der Waals surface area contributed by atoms with Gasteiger partial charge >= 0.3 is 0 Å². The molecule has 0 saturated carbocycles. The van der Waals surface area contributed by atoms with Crippen molar-refractivity contribution in [1.82, 2.24) is 0 Å². The summed E-state index contributed by atoms with van der Waals surface area (Å²) in [6.45, 7) is 6.00. The second kappa shape index (κ2) is 7.55. The maximum absolute atomic E-state index is 13.7. The molecule has 1 saturated heterocycles. The largest absolute Gasteiger partial charge is 0.301 e. The summed E-state index contributed by atoms with van der Waals surface area (Å²) >= 11 is 0. The molecular weight excluding hydrogens is 360 g/mol. The number of hydrogen-bond donors (Lipinski definition) is 0. The van der Waals surface area contributed by atoms with Gasteiger partial charge in [-0.3, -0.25) is 14.5 Å². The predicted octanol–water partition coefficient (Wildman–Crippen LogP) is 4.73. The fourth-order valence-electron chi connectivity index (χ4n) is 3.81. The number of piperazine rings is 1. The Morgan fingerprint density at radius 3 is 2.14 bits per heavy atom. The normalized spacial score (nSPS) is 17.0. The molecule has 3 aromatic rings. The topological polar surface area (TPSA) is 40.6 Å². The molecule has 0 spiro atoms. The second-order valence-electron chi connectivity index (χ2n) is 7.63.